The Kier molecular flexibility index (Phi) is 7.61. The third kappa shape index (κ3) is 5.47. The van der Waals surface area contributed by atoms with Gasteiger partial charge in [-0.05, 0) is 19.3 Å². The first-order valence-electron chi connectivity index (χ1n) is 8.48. The average Bonchev–Trinajstić information content (AvgIpc) is 2.89. The lowest BCUT2D eigenvalue weighted by molar-refractivity contribution is -0.137. The van der Waals surface area contributed by atoms with Gasteiger partial charge in [-0.25, -0.2) is 0 Å². The van der Waals surface area contributed by atoms with E-state index in [9.17, 15) is 19.2 Å². The Morgan fingerprint density at radius 3 is 2.00 bits per heavy atom. The number of nitrogens with one attached hydrogen (secondary N) is 2. The predicted octanol–water partition coefficient (Wildman–Crippen LogP) is 0.893. The zero-order valence-corrected chi connectivity index (χ0v) is 14.7. The highest BCUT2D eigenvalue weighted by Crippen LogP contribution is 2.19. The van der Waals surface area contributed by atoms with Gasteiger partial charge in [0.2, 0.25) is 11.8 Å². The number of rotatable bonds is 10. The van der Waals surface area contributed by atoms with Crippen molar-refractivity contribution in [1.29, 1.82) is 0 Å². The highest BCUT2D eigenvalue weighted by atomic mass is 16.2. The Morgan fingerprint density at radius 1 is 0.958 bits per heavy atom. The van der Waals surface area contributed by atoms with E-state index in [1.165, 1.54) is 12.2 Å². The third-order valence-corrected chi connectivity index (χ3v) is 4.57. The van der Waals surface area contributed by atoms with Crippen LogP contribution in [0.3, 0.4) is 0 Å². The molecule has 7 nitrogen and oxygen atoms in total. The minimum atomic E-state index is -0.401. The van der Waals surface area contributed by atoms with Crippen LogP contribution in [0, 0.1) is 0 Å². The summed E-state index contributed by atoms with van der Waals surface area (Å²) in [6.07, 6.45) is 5.20. The molecule has 0 radical (unpaired) electrons. The zero-order chi connectivity index (χ0) is 18.2. The Bertz CT molecular complexity index is 498. The maximum absolute atomic E-state index is 12.0. The number of carbonyl (C=O) groups is 4. The molecule has 0 unspecified atom stereocenters. The lowest BCUT2D eigenvalue weighted by Gasteiger charge is -2.31. The summed E-state index contributed by atoms with van der Waals surface area (Å²) in [5.41, 5.74) is -0.176. The van der Waals surface area contributed by atoms with Gasteiger partial charge in [-0.2, -0.15) is 0 Å². The molecule has 0 fully saturated rings. The van der Waals surface area contributed by atoms with Crippen molar-refractivity contribution in [2.75, 3.05) is 13.1 Å². The van der Waals surface area contributed by atoms with Gasteiger partial charge in [0.25, 0.3) is 11.8 Å². The molecule has 1 aliphatic rings. The Hall–Kier alpha value is -2.18. The summed E-state index contributed by atoms with van der Waals surface area (Å²) < 4.78 is 0. The molecular weight excluding hydrogens is 310 g/mol. The summed E-state index contributed by atoms with van der Waals surface area (Å²) in [7, 11) is 0. The summed E-state index contributed by atoms with van der Waals surface area (Å²) in [6, 6.07) is 0. The van der Waals surface area contributed by atoms with E-state index >= 15 is 0 Å². The van der Waals surface area contributed by atoms with Gasteiger partial charge in [-0.15, -0.1) is 0 Å². The second-order valence-electron chi connectivity index (χ2n) is 5.90. The van der Waals surface area contributed by atoms with Gasteiger partial charge >= 0.3 is 0 Å². The van der Waals surface area contributed by atoms with E-state index in [0.29, 0.717) is 0 Å². The fourth-order valence-corrected chi connectivity index (χ4v) is 2.64. The predicted molar refractivity (Wildman–Crippen MR) is 89.9 cm³/mol. The lowest BCUT2D eigenvalue weighted by Crippen LogP contribution is -2.47. The smallest absolute Gasteiger partial charge is 0.253 e. The Morgan fingerprint density at radius 2 is 1.50 bits per heavy atom. The standard InChI is InChI=1S/C17H27N3O4/c1-4-17(5-2,6-3)19-14(22)9-11-18-13(21)10-12-20-15(23)7-8-16(20)24/h7-8H,4-6,9-12H2,1-3H3,(H,18,21)(H,19,22). The van der Waals surface area contributed by atoms with Crippen LogP contribution in [0.5, 0.6) is 0 Å². The van der Waals surface area contributed by atoms with Gasteiger partial charge in [0, 0.05) is 43.6 Å². The SMILES string of the molecule is CCC(CC)(CC)NC(=O)CCNC(=O)CCN1C(=O)C=CC1=O. The van der Waals surface area contributed by atoms with Crippen LogP contribution < -0.4 is 10.6 Å². The van der Waals surface area contributed by atoms with Crippen LogP contribution in [0.4, 0.5) is 0 Å². The van der Waals surface area contributed by atoms with Gasteiger partial charge in [0.1, 0.15) is 0 Å². The number of hydrogen-bond acceptors (Lipinski definition) is 4. The van der Waals surface area contributed by atoms with E-state index in [1.54, 1.807) is 0 Å². The van der Waals surface area contributed by atoms with Crippen LogP contribution >= 0.6 is 0 Å². The fourth-order valence-electron chi connectivity index (χ4n) is 2.64. The first-order valence-corrected chi connectivity index (χ1v) is 8.48. The van der Waals surface area contributed by atoms with Crippen LogP contribution in [-0.4, -0.2) is 47.2 Å². The van der Waals surface area contributed by atoms with E-state index in [-0.39, 0.29) is 43.3 Å². The molecule has 1 rings (SSSR count). The molecule has 0 aromatic rings. The first kappa shape index (κ1) is 19.9. The molecule has 24 heavy (non-hydrogen) atoms. The molecule has 0 aliphatic carbocycles. The summed E-state index contributed by atoms with van der Waals surface area (Å²) in [4.78, 5) is 47.5. The topological polar surface area (TPSA) is 95.6 Å². The molecule has 1 aliphatic heterocycles. The van der Waals surface area contributed by atoms with Gasteiger partial charge in [0.15, 0.2) is 0 Å². The van der Waals surface area contributed by atoms with Crippen molar-refractivity contribution in [2.24, 2.45) is 0 Å². The van der Waals surface area contributed by atoms with Crippen molar-refractivity contribution in [3.63, 3.8) is 0 Å². The molecule has 0 saturated carbocycles. The van der Waals surface area contributed by atoms with Gasteiger partial charge in [-0.1, -0.05) is 20.8 Å². The van der Waals surface area contributed by atoms with Crippen molar-refractivity contribution in [2.45, 2.75) is 58.4 Å². The molecule has 0 atom stereocenters. The molecule has 134 valence electrons. The second-order valence-corrected chi connectivity index (χ2v) is 5.90. The van der Waals surface area contributed by atoms with E-state index in [2.05, 4.69) is 10.6 Å². The molecule has 0 saturated heterocycles. The fraction of sp³-hybridized carbons (Fsp3) is 0.647. The maximum atomic E-state index is 12.0. The second kappa shape index (κ2) is 9.20. The number of imide groups is 1. The molecule has 4 amide bonds. The minimum absolute atomic E-state index is 0.0313. The van der Waals surface area contributed by atoms with E-state index < -0.39 is 11.8 Å². The molecule has 0 aromatic carbocycles. The van der Waals surface area contributed by atoms with Crippen molar-refractivity contribution < 1.29 is 19.2 Å². The number of nitrogens with zero attached hydrogens (tertiary/aromatic N) is 1. The lowest BCUT2D eigenvalue weighted by atomic mass is 9.89. The zero-order valence-electron chi connectivity index (χ0n) is 14.7. The number of carbonyl (C=O) groups excluding carboxylic acids is 4. The minimum Gasteiger partial charge on any atom is -0.356 e. The Balaban J connectivity index is 2.26. The number of hydrogen-bond donors (Lipinski definition) is 2. The molecule has 0 bridgehead atoms. The Labute approximate surface area is 142 Å². The van der Waals surface area contributed by atoms with Crippen molar-refractivity contribution >= 4 is 23.6 Å². The summed E-state index contributed by atoms with van der Waals surface area (Å²) in [6.45, 7) is 6.42. The highest BCUT2D eigenvalue weighted by Gasteiger charge is 2.26. The average molecular weight is 337 g/mol. The van der Waals surface area contributed by atoms with E-state index in [0.717, 1.165) is 24.2 Å². The quantitative estimate of drug-likeness (QED) is 0.579. The van der Waals surface area contributed by atoms with Crippen molar-refractivity contribution in [3.8, 4) is 0 Å². The molecule has 2 N–H and O–H groups in total. The summed E-state index contributed by atoms with van der Waals surface area (Å²) in [5.74, 6) is -1.18. The molecule has 7 heteroatoms. The van der Waals surface area contributed by atoms with Crippen LogP contribution in [0.2, 0.25) is 0 Å². The van der Waals surface area contributed by atoms with Gasteiger partial charge < -0.3 is 10.6 Å². The monoisotopic (exact) mass is 337 g/mol. The molecule has 1 heterocycles. The van der Waals surface area contributed by atoms with Gasteiger partial charge in [0.05, 0.1) is 0 Å². The number of amides is 4. The first-order chi connectivity index (χ1) is 11.4. The van der Waals surface area contributed by atoms with Crippen LogP contribution in [0.15, 0.2) is 12.2 Å². The van der Waals surface area contributed by atoms with Crippen LogP contribution in [-0.2, 0) is 19.2 Å². The normalized spacial score (nSPS) is 14.2. The summed E-state index contributed by atoms with van der Waals surface area (Å²) in [5, 5.41) is 5.68. The van der Waals surface area contributed by atoms with Crippen LogP contribution in [0.1, 0.15) is 52.9 Å². The highest BCUT2D eigenvalue weighted by molar-refractivity contribution is 6.13. The maximum Gasteiger partial charge on any atom is 0.253 e. The largest absolute Gasteiger partial charge is 0.356 e. The van der Waals surface area contributed by atoms with Gasteiger partial charge in [-0.3, -0.25) is 24.1 Å². The van der Waals surface area contributed by atoms with Crippen LogP contribution in [0.25, 0.3) is 0 Å². The van der Waals surface area contributed by atoms with Crippen molar-refractivity contribution in [1.82, 2.24) is 15.5 Å². The third-order valence-electron chi connectivity index (χ3n) is 4.57. The van der Waals surface area contributed by atoms with E-state index in [4.69, 9.17) is 0 Å². The molecule has 0 aromatic heterocycles. The molecule has 0 spiro atoms. The summed E-state index contributed by atoms with van der Waals surface area (Å²) >= 11 is 0. The van der Waals surface area contributed by atoms with Crippen molar-refractivity contribution in [3.05, 3.63) is 12.2 Å². The molecular formula is C17H27N3O4. The van der Waals surface area contributed by atoms with E-state index in [1.807, 2.05) is 20.8 Å².